The van der Waals surface area contributed by atoms with Crippen LogP contribution in [0, 0.1) is 6.92 Å². The van der Waals surface area contributed by atoms with Crippen molar-refractivity contribution in [2.45, 2.75) is 13.5 Å². The molecule has 0 saturated heterocycles. The molecule has 0 bridgehead atoms. The van der Waals surface area contributed by atoms with E-state index in [4.69, 9.17) is 0 Å². The highest BCUT2D eigenvalue weighted by atomic mass is 79.9. The molecule has 2 aromatic carbocycles. The monoisotopic (exact) mass is 332 g/mol. The van der Waals surface area contributed by atoms with Crippen molar-refractivity contribution in [3.63, 3.8) is 0 Å². The number of aromatic nitrogens is 1. The zero-order valence-electron chi connectivity index (χ0n) is 10.5. The number of rotatable bonds is 3. The Bertz CT molecular complexity index is 721. The third-order valence-corrected chi connectivity index (χ3v) is 4.51. The van der Waals surface area contributed by atoms with E-state index in [0.29, 0.717) is 0 Å². The maximum absolute atomic E-state index is 4.47. The molecular formula is C15H13BrN2S. The van der Waals surface area contributed by atoms with Crippen LogP contribution in [0.1, 0.15) is 10.7 Å². The predicted molar refractivity (Wildman–Crippen MR) is 85.8 cm³/mol. The molecule has 0 aliphatic rings. The molecule has 96 valence electrons. The summed E-state index contributed by atoms with van der Waals surface area (Å²) in [7, 11) is 0. The lowest BCUT2D eigenvalue weighted by Gasteiger charge is -2.10. The lowest BCUT2D eigenvalue weighted by molar-refractivity contribution is 1.06. The third-order valence-electron chi connectivity index (χ3n) is 3.00. The molecule has 19 heavy (non-hydrogen) atoms. The van der Waals surface area contributed by atoms with Gasteiger partial charge in [-0.1, -0.05) is 40.2 Å². The average Bonchev–Trinajstić information content (AvgIpc) is 2.84. The highest BCUT2D eigenvalue weighted by molar-refractivity contribution is 9.10. The Morgan fingerprint density at radius 3 is 2.68 bits per heavy atom. The summed E-state index contributed by atoms with van der Waals surface area (Å²) in [6.45, 7) is 2.79. The zero-order valence-corrected chi connectivity index (χ0v) is 12.9. The van der Waals surface area contributed by atoms with Gasteiger partial charge >= 0.3 is 0 Å². The molecular weight excluding hydrogens is 320 g/mol. The lowest BCUT2D eigenvalue weighted by atomic mass is 10.1. The van der Waals surface area contributed by atoms with Crippen LogP contribution in [-0.2, 0) is 6.54 Å². The number of aryl methyl sites for hydroxylation is 1. The zero-order chi connectivity index (χ0) is 13.2. The highest BCUT2D eigenvalue weighted by Crippen LogP contribution is 2.30. The van der Waals surface area contributed by atoms with Crippen molar-refractivity contribution >= 4 is 43.7 Å². The molecule has 2 nitrogen and oxygen atoms in total. The van der Waals surface area contributed by atoms with Crippen LogP contribution < -0.4 is 5.32 Å². The molecule has 0 amide bonds. The maximum atomic E-state index is 4.47. The largest absolute Gasteiger partial charge is 0.379 e. The van der Waals surface area contributed by atoms with Crippen LogP contribution in [0.5, 0.6) is 0 Å². The van der Waals surface area contributed by atoms with E-state index in [2.05, 4.69) is 68.0 Å². The minimum absolute atomic E-state index is 0.760. The van der Waals surface area contributed by atoms with Crippen molar-refractivity contribution in [2.24, 2.45) is 0 Å². The van der Waals surface area contributed by atoms with Crippen molar-refractivity contribution in [3.8, 4) is 0 Å². The second-order valence-electron chi connectivity index (χ2n) is 4.35. The normalized spacial score (nSPS) is 10.8. The van der Waals surface area contributed by atoms with Crippen LogP contribution in [0.25, 0.3) is 10.8 Å². The van der Waals surface area contributed by atoms with Gasteiger partial charge < -0.3 is 5.32 Å². The van der Waals surface area contributed by atoms with Gasteiger partial charge in [0.2, 0.25) is 0 Å². The molecule has 0 radical (unpaired) electrons. The van der Waals surface area contributed by atoms with Crippen LogP contribution in [0.15, 0.2) is 46.3 Å². The average molecular weight is 333 g/mol. The minimum Gasteiger partial charge on any atom is -0.379 e. The topological polar surface area (TPSA) is 24.9 Å². The molecule has 4 heteroatoms. The number of thiazole rings is 1. The molecule has 1 aromatic heterocycles. The Morgan fingerprint density at radius 1 is 1.16 bits per heavy atom. The molecule has 3 rings (SSSR count). The van der Waals surface area contributed by atoms with Gasteiger partial charge in [-0.05, 0) is 24.4 Å². The molecule has 0 saturated carbocycles. The van der Waals surface area contributed by atoms with E-state index < -0.39 is 0 Å². The summed E-state index contributed by atoms with van der Waals surface area (Å²) in [5, 5.41) is 9.13. The van der Waals surface area contributed by atoms with Crippen LogP contribution in [-0.4, -0.2) is 4.98 Å². The quantitative estimate of drug-likeness (QED) is 0.731. The van der Waals surface area contributed by atoms with E-state index in [1.165, 1.54) is 10.8 Å². The first kappa shape index (κ1) is 12.6. The number of anilines is 1. The van der Waals surface area contributed by atoms with Crippen molar-refractivity contribution in [2.75, 3.05) is 5.32 Å². The van der Waals surface area contributed by atoms with Gasteiger partial charge in [0, 0.05) is 20.9 Å². The predicted octanol–water partition coefficient (Wildman–Crippen LogP) is 4.98. The van der Waals surface area contributed by atoms with Gasteiger partial charge in [-0.25, -0.2) is 4.98 Å². The Morgan fingerprint density at radius 2 is 1.95 bits per heavy atom. The molecule has 0 spiro atoms. The first-order valence-electron chi connectivity index (χ1n) is 6.06. The summed E-state index contributed by atoms with van der Waals surface area (Å²) in [6.07, 6.45) is 0. The Kier molecular flexibility index (Phi) is 3.53. The highest BCUT2D eigenvalue weighted by Gasteiger charge is 2.04. The Labute approximate surface area is 124 Å². The Balaban J connectivity index is 1.91. The van der Waals surface area contributed by atoms with Gasteiger partial charge in [0.25, 0.3) is 0 Å². The van der Waals surface area contributed by atoms with Crippen molar-refractivity contribution in [3.05, 3.63) is 57.0 Å². The van der Waals surface area contributed by atoms with Gasteiger partial charge in [0.15, 0.2) is 0 Å². The summed E-state index contributed by atoms with van der Waals surface area (Å²) in [4.78, 5) is 4.47. The number of hydrogen-bond donors (Lipinski definition) is 1. The second kappa shape index (κ2) is 5.31. The first-order valence-corrected chi connectivity index (χ1v) is 7.73. The summed E-state index contributed by atoms with van der Waals surface area (Å²) in [5.41, 5.74) is 2.24. The number of fused-ring (bicyclic) bond motifs is 1. The van der Waals surface area contributed by atoms with Crippen LogP contribution >= 0.6 is 27.3 Å². The summed E-state index contributed by atoms with van der Waals surface area (Å²) >= 11 is 5.28. The van der Waals surface area contributed by atoms with Gasteiger partial charge in [0.1, 0.15) is 0 Å². The van der Waals surface area contributed by atoms with Crippen LogP contribution in [0.3, 0.4) is 0 Å². The third kappa shape index (κ3) is 2.65. The summed E-state index contributed by atoms with van der Waals surface area (Å²) < 4.78 is 1.12. The van der Waals surface area contributed by atoms with E-state index >= 15 is 0 Å². The Hall–Kier alpha value is -1.39. The molecule has 3 aromatic rings. The molecule has 0 aliphatic heterocycles. The fourth-order valence-electron chi connectivity index (χ4n) is 2.09. The molecule has 0 aliphatic carbocycles. The van der Waals surface area contributed by atoms with Gasteiger partial charge in [0.05, 0.1) is 17.2 Å². The maximum Gasteiger partial charge on any atom is 0.0898 e. The van der Waals surface area contributed by atoms with E-state index in [-0.39, 0.29) is 0 Å². The lowest BCUT2D eigenvalue weighted by Crippen LogP contribution is -2.00. The fraction of sp³-hybridized carbons (Fsp3) is 0.133. The summed E-state index contributed by atoms with van der Waals surface area (Å²) in [5.74, 6) is 0. The number of nitrogens with zero attached hydrogens (tertiary/aromatic N) is 1. The smallest absolute Gasteiger partial charge is 0.0898 e. The van der Waals surface area contributed by atoms with Crippen molar-refractivity contribution in [1.29, 1.82) is 0 Å². The number of benzene rings is 2. The molecule has 1 N–H and O–H groups in total. The van der Waals surface area contributed by atoms with E-state index in [9.17, 15) is 0 Å². The van der Waals surface area contributed by atoms with Crippen LogP contribution in [0.4, 0.5) is 5.69 Å². The molecule has 0 fully saturated rings. The molecule has 0 atom stereocenters. The first-order chi connectivity index (χ1) is 9.24. The number of nitrogens with one attached hydrogen (secondary N) is 1. The minimum atomic E-state index is 0.760. The van der Waals surface area contributed by atoms with E-state index in [1.807, 2.05) is 6.92 Å². The number of hydrogen-bond acceptors (Lipinski definition) is 3. The standard InChI is InChI=1S/C15H13BrN2S/c1-10-18-11(9-19-10)8-17-15-7-6-14(16)12-4-2-3-5-13(12)15/h2-7,9,17H,8H2,1H3. The van der Waals surface area contributed by atoms with Crippen molar-refractivity contribution < 1.29 is 0 Å². The molecule has 1 heterocycles. The van der Waals surface area contributed by atoms with E-state index in [1.54, 1.807) is 11.3 Å². The van der Waals surface area contributed by atoms with Gasteiger partial charge in [-0.15, -0.1) is 11.3 Å². The summed E-state index contributed by atoms with van der Waals surface area (Å²) in [6, 6.07) is 12.6. The van der Waals surface area contributed by atoms with Gasteiger partial charge in [-0.3, -0.25) is 0 Å². The fourth-order valence-corrected chi connectivity index (χ4v) is 3.18. The van der Waals surface area contributed by atoms with Gasteiger partial charge in [-0.2, -0.15) is 0 Å². The SMILES string of the molecule is Cc1nc(CNc2ccc(Br)c3ccccc23)cs1. The van der Waals surface area contributed by atoms with Crippen LogP contribution in [0.2, 0.25) is 0 Å². The number of halogens is 1. The molecule has 0 unspecified atom stereocenters. The van der Waals surface area contributed by atoms with E-state index in [0.717, 1.165) is 27.4 Å². The second-order valence-corrected chi connectivity index (χ2v) is 6.27. The van der Waals surface area contributed by atoms with Crippen molar-refractivity contribution in [1.82, 2.24) is 4.98 Å².